The van der Waals surface area contributed by atoms with Crippen LogP contribution in [-0.2, 0) is 4.79 Å². The quantitative estimate of drug-likeness (QED) is 0.424. The fraction of sp³-hybridized carbons (Fsp3) is 0.0800. The summed E-state index contributed by atoms with van der Waals surface area (Å²) in [7, 11) is 1.46. The Kier molecular flexibility index (Phi) is 5.09. The minimum Gasteiger partial charge on any atom is -0.503 e. The zero-order valence-electron chi connectivity index (χ0n) is 17.7. The molecule has 3 heterocycles. The number of fused-ring (bicyclic) bond motifs is 1. The number of halogens is 2. The summed E-state index contributed by atoms with van der Waals surface area (Å²) >= 11 is 0. The molecule has 1 unspecified atom stereocenters. The number of amides is 1. The fourth-order valence-corrected chi connectivity index (χ4v) is 4.04. The van der Waals surface area contributed by atoms with E-state index < -0.39 is 35.1 Å². The van der Waals surface area contributed by atoms with Crippen LogP contribution < -0.4 is 9.64 Å². The van der Waals surface area contributed by atoms with E-state index in [1.54, 1.807) is 30.3 Å². The number of aliphatic hydroxyl groups excluding tert-OH is 1. The summed E-state index contributed by atoms with van der Waals surface area (Å²) in [5, 5.41) is 11.4. The Morgan fingerprint density at radius 1 is 1.09 bits per heavy atom. The van der Waals surface area contributed by atoms with E-state index in [0.717, 1.165) is 17.0 Å². The molecule has 0 fully saturated rings. The normalized spacial score (nSPS) is 15.9. The van der Waals surface area contributed by atoms with Gasteiger partial charge in [-0.25, -0.2) is 8.78 Å². The second kappa shape index (κ2) is 8.11. The van der Waals surface area contributed by atoms with Gasteiger partial charge in [0.25, 0.3) is 5.91 Å². The highest BCUT2D eigenvalue weighted by Crippen LogP contribution is 2.42. The van der Waals surface area contributed by atoms with E-state index in [1.807, 2.05) is 0 Å². The summed E-state index contributed by atoms with van der Waals surface area (Å²) < 4.78 is 38.6. The van der Waals surface area contributed by atoms with Gasteiger partial charge in [0.05, 0.1) is 18.7 Å². The van der Waals surface area contributed by atoms with Gasteiger partial charge in [-0.3, -0.25) is 19.5 Å². The lowest BCUT2D eigenvalue weighted by molar-refractivity contribution is -0.117. The summed E-state index contributed by atoms with van der Waals surface area (Å²) in [6.07, 6.45) is 2.90. The number of hydrogen-bond donors (Lipinski definition) is 1. The van der Waals surface area contributed by atoms with E-state index in [4.69, 9.17) is 9.15 Å². The molecule has 0 saturated carbocycles. The highest BCUT2D eigenvalue weighted by atomic mass is 19.2. The molecule has 9 heteroatoms. The lowest BCUT2D eigenvalue weighted by Gasteiger charge is -2.26. The van der Waals surface area contributed by atoms with Gasteiger partial charge in [-0.05, 0) is 42.0 Å². The van der Waals surface area contributed by atoms with Gasteiger partial charge in [0.2, 0.25) is 5.78 Å². The molecule has 1 aliphatic heterocycles. The number of carbonyl (C=O) groups is 2. The molecule has 1 amide bonds. The van der Waals surface area contributed by atoms with Crippen LogP contribution in [0.2, 0.25) is 0 Å². The Hall–Kier alpha value is -4.53. The van der Waals surface area contributed by atoms with Gasteiger partial charge in [0.1, 0.15) is 0 Å². The van der Waals surface area contributed by atoms with Crippen molar-refractivity contribution >= 4 is 28.3 Å². The lowest BCUT2D eigenvalue weighted by atomic mass is 9.95. The summed E-state index contributed by atoms with van der Waals surface area (Å²) in [6, 6.07) is 11.5. The number of aliphatic hydroxyl groups is 1. The van der Waals surface area contributed by atoms with Crippen LogP contribution in [0.3, 0.4) is 0 Å². The number of ketones is 1. The van der Waals surface area contributed by atoms with Crippen molar-refractivity contribution < 1.29 is 32.6 Å². The van der Waals surface area contributed by atoms with Crippen molar-refractivity contribution in [2.24, 2.45) is 0 Å². The molecule has 7 nitrogen and oxygen atoms in total. The molecule has 0 saturated heterocycles. The van der Waals surface area contributed by atoms with Crippen LogP contribution in [0, 0.1) is 11.6 Å². The largest absolute Gasteiger partial charge is 0.503 e. The maximum absolute atomic E-state index is 14.0. The third-order valence-electron chi connectivity index (χ3n) is 5.61. The van der Waals surface area contributed by atoms with Crippen LogP contribution >= 0.6 is 0 Å². The third-order valence-corrected chi connectivity index (χ3v) is 5.61. The first-order valence-corrected chi connectivity index (χ1v) is 10.1. The number of rotatable bonds is 5. The van der Waals surface area contributed by atoms with Gasteiger partial charge in [0.15, 0.2) is 34.5 Å². The molecule has 5 rings (SSSR count). The predicted molar refractivity (Wildman–Crippen MR) is 118 cm³/mol. The highest BCUT2D eigenvalue weighted by Gasteiger charge is 2.45. The number of para-hydroxylation sites is 1. The zero-order chi connectivity index (χ0) is 24.0. The molecule has 170 valence electrons. The Bertz CT molecular complexity index is 1480. The second-order valence-electron chi connectivity index (χ2n) is 7.54. The van der Waals surface area contributed by atoms with E-state index in [-0.39, 0.29) is 17.0 Å². The molecule has 0 spiro atoms. The summed E-state index contributed by atoms with van der Waals surface area (Å²) in [4.78, 5) is 31.6. The van der Waals surface area contributed by atoms with Gasteiger partial charge in [-0.2, -0.15) is 0 Å². The summed E-state index contributed by atoms with van der Waals surface area (Å²) in [5.74, 6) is -4.49. The number of benzene rings is 2. The SMILES string of the molecule is COc1cccc2cc(C(=O)C3=C(O)C(=O)N(c4ccc(F)c(F)c4)C3c3ccncc3)oc12. The zero-order valence-corrected chi connectivity index (χ0v) is 17.7. The molecular weight excluding hydrogens is 446 g/mol. The summed E-state index contributed by atoms with van der Waals surface area (Å²) in [5.41, 5.74) is 0.454. The van der Waals surface area contributed by atoms with Crippen molar-refractivity contribution in [1.29, 1.82) is 0 Å². The second-order valence-corrected chi connectivity index (χ2v) is 7.54. The van der Waals surface area contributed by atoms with Crippen LogP contribution in [-0.4, -0.2) is 28.9 Å². The number of Topliss-reactive ketones (excluding diaryl/α,β-unsaturated/α-hetero) is 1. The Morgan fingerprint density at radius 2 is 1.85 bits per heavy atom. The predicted octanol–water partition coefficient (Wildman–Crippen LogP) is 4.90. The van der Waals surface area contributed by atoms with Gasteiger partial charge in [-0.1, -0.05) is 12.1 Å². The molecule has 1 N–H and O–H groups in total. The minimum atomic E-state index is -1.18. The maximum atomic E-state index is 14.0. The average Bonchev–Trinajstić information content (AvgIpc) is 3.40. The van der Waals surface area contributed by atoms with Crippen LogP contribution in [0.25, 0.3) is 11.0 Å². The van der Waals surface area contributed by atoms with Crippen LogP contribution in [0.15, 0.2) is 82.7 Å². The van der Waals surface area contributed by atoms with E-state index in [1.165, 1.54) is 31.6 Å². The van der Waals surface area contributed by atoms with Crippen molar-refractivity contribution in [3.8, 4) is 5.75 Å². The molecule has 2 aromatic heterocycles. The molecule has 0 bridgehead atoms. The molecule has 1 atom stereocenters. The van der Waals surface area contributed by atoms with Gasteiger partial charge < -0.3 is 14.3 Å². The fourth-order valence-electron chi connectivity index (χ4n) is 4.04. The molecule has 0 aliphatic carbocycles. The molecule has 2 aromatic carbocycles. The maximum Gasteiger partial charge on any atom is 0.294 e. The van der Waals surface area contributed by atoms with Crippen molar-refractivity contribution in [2.45, 2.75) is 6.04 Å². The number of furan rings is 1. The minimum absolute atomic E-state index is 0.0358. The van der Waals surface area contributed by atoms with Gasteiger partial charge in [-0.15, -0.1) is 0 Å². The van der Waals surface area contributed by atoms with Crippen molar-refractivity contribution in [2.75, 3.05) is 12.0 Å². The van der Waals surface area contributed by atoms with E-state index in [9.17, 15) is 23.5 Å². The number of nitrogens with zero attached hydrogens (tertiary/aromatic N) is 2. The highest BCUT2D eigenvalue weighted by molar-refractivity contribution is 6.20. The van der Waals surface area contributed by atoms with Crippen molar-refractivity contribution in [3.05, 3.63) is 101 Å². The number of methoxy groups -OCH3 is 1. The summed E-state index contributed by atoms with van der Waals surface area (Å²) in [6.45, 7) is 0. The molecule has 34 heavy (non-hydrogen) atoms. The first kappa shape index (κ1) is 21.3. The smallest absolute Gasteiger partial charge is 0.294 e. The number of hydrogen-bond acceptors (Lipinski definition) is 6. The third kappa shape index (κ3) is 3.29. The Labute approximate surface area is 191 Å². The molecule has 1 aliphatic rings. The first-order valence-electron chi connectivity index (χ1n) is 10.1. The first-order chi connectivity index (χ1) is 16.4. The van der Waals surface area contributed by atoms with Crippen molar-refractivity contribution in [1.82, 2.24) is 4.98 Å². The average molecular weight is 462 g/mol. The van der Waals surface area contributed by atoms with Crippen LogP contribution in [0.5, 0.6) is 5.75 Å². The standard InChI is InChI=1S/C25H16F2N2O5/c1-33-18-4-2-3-14-11-19(34-24(14)18)22(30)20-21(13-7-9-28-10-8-13)29(25(32)23(20)31)15-5-6-16(26)17(27)12-15/h2-12,21,31H,1H3. The number of carbonyl (C=O) groups excluding carboxylic acids is 2. The number of pyridine rings is 1. The number of ether oxygens (including phenoxy) is 1. The van der Waals surface area contributed by atoms with E-state index in [2.05, 4.69) is 4.98 Å². The molecule has 4 aromatic rings. The van der Waals surface area contributed by atoms with E-state index >= 15 is 0 Å². The Morgan fingerprint density at radius 3 is 2.56 bits per heavy atom. The number of aromatic nitrogens is 1. The van der Waals surface area contributed by atoms with Gasteiger partial charge in [0, 0.05) is 29.5 Å². The van der Waals surface area contributed by atoms with Crippen LogP contribution in [0.4, 0.5) is 14.5 Å². The lowest BCUT2D eigenvalue weighted by Crippen LogP contribution is -2.31. The topological polar surface area (TPSA) is 92.9 Å². The van der Waals surface area contributed by atoms with Gasteiger partial charge >= 0.3 is 0 Å². The monoisotopic (exact) mass is 462 g/mol. The van der Waals surface area contributed by atoms with Crippen LogP contribution in [0.1, 0.15) is 22.2 Å². The van der Waals surface area contributed by atoms with Crippen molar-refractivity contribution in [3.63, 3.8) is 0 Å². The Balaban J connectivity index is 1.66. The molecular formula is C25H16F2N2O5. The molecule has 0 radical (unpaired) electrons. The van der Waals surface area contributed by atoms with E-state index in [0.29, 0.717) is 22.3 Å². The number of anilines is 1.